The second-order valence-corrected chi connectivity index (χ2v) is 6.54. The van der Waals surface area contributed by atoms with E-state index >= 15 is 0 Å². The molecule has 26 heavy (non-hydrogen) atoms. The van der Waals surface area contributed by atoms with E-state index in [2.05, 4.69) is 31.2 Å². The van der Waals surface area contributed by atoms with Crippen LogP contribution in [0.15, 0.2) is 33.3 Å². The molecule has 0 saturated heterocycles. The minimum absolute atomic E-state index is 0.159. The van der Waals surface area contributed by atoms with E-state index in [0.717, 1.165) is 21.4 Å². The highest BCUT2D eigenvalue weighted by atomic mass is 79.9. The number of aryl methyl sites for hydroxylation is 3. The predicted octanol–water partition coefficient (Wildman–Crippen LogP) is 2.42. The van der Waals surface area contributed by atoms with Gasteiger partial charge in [0.2, 0.25) is 11.7 Å². The molecular formula is C17H18BrN5O3. The van der Waals surface area contributed by atoms with Crippen LogP contribution < -0.4 is 10.5 Å². The molecule has 0 atom stereocenters. The lowest BCUT2D eigenvalue weighted by Gasteiger charge is -2.03. The quantitative estimate of drug-likeness (QED) is 0.629. The topological polar surface area (TPSA) is 109 Å². The zero-order chi connectivity index (χ0) is 18.7. The summed E-state index contributed by atoms with van der Waals surface area (Å²) in [5, 5.41) is 8.47. The molecule has 9 heteroatoms. The summed E-state index contributed by atoms with van der Waals surface area (Å²) >= 11 is 3.52. The Morgan fingerprint density at radius 2 is 2.04 bits per heavy atom. The van der Waals surface area contributed by atoms with Crippen molar-refractivity contribution < 1.29 is 14.1 Å². The first-order chi connectivity index (χ1) is 12.4. The van der Waals surface area contributed by atoms with Gasteiger partial charge in [-0.05, 0) is 54.0 Å². The van der Waals surface area contributed by atoms with Gasteiger partial charge in [0.05, 0.1) is 16.7 Å². The third-order valence-corrected chi connectivity index (χ3v) is 4.94. The maximum absolute atomic E-state index is 10.7. The molecule has 0 radical (unpaired) electrons. The third-order valence-electron chi connectivity index (χ3n) is 3.79. The number of halogens is 1. The van der Waals surface area contributed by atoms with Gasteiger partial charge >= 0.3 is 0 Å². The number of nitrogens with zero attached hydrogens (tertiary/aromatic N) is 4. The fourth-order valence-corrected chi connectivity index (χ4v) is 2.71. The number of carbonyl (C=O) groups excluding carboxylic acids is 1. The van der Waals surface area contributed by atoms with Crippen LogP contribution in [0.2, 0.25) is 0 Å². The van der Waals surface area contributed by atoms with Crippen LogP contribution in [0, 0.1) is 13.8 Å². The molecule has 0 saturated carbocycles. The molecule has 0 bridgehead atoms. The van der Waals surface area contributed by atoms with Crippen LogP contribution >= 0.6 is 15.9 Å². The lowest BCUT2D eigenvalue weighted by Crippen LogP contribution is -2.19. The zero-order valence-corrected chi connectivity index (χ0v) is 16.0. The van der Waals surface area contributed by atoms with Crippen molar-refractivity contribution in [2.75, 3.05) is 6.61 Å². The van der Waals surface area contributed by atoms with Gasteiger partial charge in [0.1, 0.15) is 5.75 Å². The first-order valence-corrected chi connectivity index (χ1v) is 8.77. The molecule has 0 aliphatic carbocycles. The van der Waals surface area contributed by atoms with Gasteiger partial charge < -0.3 is 15.0 Å². The monoisotopic (exact) mass is 419 g/mol. The second-order valence-electron chi connectivity index (χ2n) is 5.75. The first-order valence-electron chi connectivity index (χ1n) is 7.97. The van der Waals surface area contributed by atoms with Gasteiger partial charge in [0.15, 0.2) is 6.61 Å². The van der Waals surface area contributed by atoms with E-state index in [9.17, 15) is 4.79 Å². The van der Waals surface area contributed by atoms with Crippen molar-refractivity contribution >= 4 is 21.8 Å². The lowest BCUT2D eigenvalue weighted by molar-refractivity contribution is -0.119. The summed E-state index contributed by atoms with van der Waals surface area (Å²) in [7, 11) is 0. The van der Waals surface area contributed by atoms with Crippen LogP contribution in [0.1, 0.15) is 17.3 Å². The number of aromatic nitrogens is 4. The summed E-state index contributed by atoms with van der Waals surface area (Å²) in [6.45, 7) is 4.45. The molecule has 0 fully saturated rings. The fraction of sp³-hybridized carbons (Fsp3) is 0.294. The maximum atomic E-state index is 10.7. The molecule has 136 valence electrons. The number of primary amides is 1. The number of carbonyl (C=O) groups is 1. The number of hydrogen-bond donors (Lipinski definition) is 1. The van der Waals surface area contributed by atoms with Gasteiger partial charge in [-0.3, -0.25) is 9.48 Å². The van der Waals surface area contributed by atoms with Crippen molar-refractivity contribution in [1.82, 2.24) is 19.9 Å². The number of amides is 1. The Labute approximate surface area is 158 Å². The molecule has 0 unspecified atom stereocenters. The fourth-order valence-electron chi connectivity index (χ4n) is 2.42. The van der Waals surface area contributed by atoms with Crippen LogP contribution in [0.5, 0.6) is 5.75 Å². The Bertz CT molecular complexity index is 917. The molecule has 3 rings (SSSR count). The van der Waals surface area contributed by atoms with Crippen LogP contribution in [-0.2, 0) is 17.8 Å². The summed E-state index contributed by atoms with van der Waals surface area (Å²) in [5.41, 5.74) is 7.86. The molecule has 8 nitrogen and oxygen atoms in total. The van der Waals surface area contributed by atoms with Crippen molar-refractivity contribution in [3.63, 3.8) is 0 Å². The highest BCUT2D eigenvalue weighted by molar-refractivity contribution is 9.10. The van der Waals surface area contributed by atoms with E-state index in [0.29, 0.717) is 30.4 Å². The third kappa shape index (κ3) is 4.10. The highest BCUT2D eigenvalue weighted by Gasteiger charge is 2.12. The van der Waals surface area contributed by atoms with E-state index in [-0.39, 0.29) is 6.61 Å². The minimum atomic E-state index is -0.522. The molecule has 1 amide bonds. The first kappa shape index (κ1) is 18.1. The van der Waals surface area contributed by atoms with Gasteiger partial charge in [0, 0.05) is 17.7 Å². The van der Waals surface area contributed by atoms with E-state index in [4.69, 9.17) is 15.0 Å². The molecule has 1 aromatic carbocycles. The van der Waals surface area contributed by atoms with E-state index in [1.165, 1.54) is 0 Å². The number of rotatable bonds is 7. The van der Waals surface area contributed by atoms with E-state index in [1.807, 2.05) is 18.5 Å². The van der Waals surface area contributed by atoms with Crippen molar-refractivity contribution in [3.8, 4) is 17.1 Å². The van der Waals surface area contributed by atoms with Gasteiger partial charge in [-0.1, -0.05) is 5.16 Å². The average molecular weight is 420 g/mol. The van der Waals surface area contributed by atoms with Crippen molar-refractivity contribution in [3.05, 3.63) is 46.0 Å². The smallest absolute Gasteiger partial charge is 0.255 e. The predicted molar refractivity (Wildman–Crippen MR) is 97.5 cm³/mol. The SMILES string of the molecule is Cc1nn(CCc2nc(-c3ccc(OCC(N)=O)cc3)no2)c(C)c1Br. The average Bonchev–Trinajstić information content (AvgIpc) is 3.19. The Morgan fingerprint density at radius 3 is 2.65 bits per heavy atom. The summed E-state index contributed by atoms with van der Waals surface area (Å²) < 4.78 is 13.5. The normalized spacial score (nSPS) is 10.9. The molecule has 0 spiro atoms. The van der Waals surface area contributed by atoms with Crippen molar-refractivity contribution in [2.24, 2.45) is 5.73 Å². The minimum Gasteiger partial charge on any atom is -0.484 e. The number of ether oxygens (including phenoxy) is 1. The Kier molecular flexibility index (Phi) is 5.36. The molecule has 0 aliphatic heterocycles. The molecule has 3 aromatic rings. The van der Waals surface area contributed by atoms with E-state index in [1.54, 1.807) is 24.3 Å². The molecule has 0 aliphatic rings. The van der Waals surface area contributed by atoms with Crippen LogP contribution in [0.3, 0.4) is 0 Å². The van der Waals surface area contributed by atoms with Gasteiger partial charge in [-0.15, -0.1) is 0 Å². The van der Waals surface area contributed by atoms with Gasteiger partial charge in [-0.2, -0.15) is 10.1 Å². The molecular weight excluding hydrogens is 402 g/mol. The molecule has 2 heterocycles. The Balaban J connectivity index is 1.64. The van der Waals surface area contributed by atoms with Crippen LogP contribution in [0.4, 0.5) is 0 Å². The highest BCUT2D eigenvalue weighted by Crippen LogP contribution is 2.22. The number of benzene rings is 1. The number of hydrogen-bond acceptors (Lipinski definition) is 6. The zero-order valence-electron chi connectivity index (χ0n) is 14.4. The van der Waals surface area contributed by atoms with Gasteiger partial charge in [0.25, 0.3) is 5.91 Å². The van der Waals surface area contributed by atoms with Crippen molar-refractivity contribution in [2.45, 2.75) is 26.8 Å². The van der Waals surface area contributed by atoms with Crippen LogP contribution in [0.25, 0.3) is 11.4 Å². The van der Waals surface area contributed by atoms with E-state index < -0.39 is 5.91 Å². The maximum Gasteiger partial charge on any atom is 0.255 e. The summed E-state index contributed by atoms with van der Waals surface area (Å²) in [6, 6.07) is 7.04. The van der Waals surface area contributed by atoms with Crippen LogP contribution in [-0.4, -0.2) is 32.4 Å². The Morgan fingerprint density at radius 1 is 1.31 bits per heavy atom. The summed E-state index contributed by atoms with van der Waals surface area (Å²) in [6.07, 6.45) is 0.585. The summed E-state index contributed by atoms with van der Waals surface area (Å²) in [4.78, 5) is 15.1. The van der Waals surface area contributed by atoms with Gasteiger partial charge in [-0.25, -0.2) is 0 Å². The lowest BCUT2D eigenvalue weighted by atomic mass is 10.2. The molecule has 2 N–H and O–H groups in total. The molecule has 2 aromatic heterocycles. The standard InChI is InChI=1S/C17H18BrN5O3/c1-10-16(18)11(2)23(21-10)8-7-15-20-17(22-26-15)12-3-5-13(6-4-12)25-9-14(19)24/h3-6H,7-9H2,1-2H3,(H2,19,24). The van der Waals surface area contributed by atoms with Crippen molar-refractivity contribution in [1.29, 1.82) is 0 Å². The number of nitrogens with two attached hydrogens (primary N) is 1. The summed E-state index contributed by atoms with van der Waals surface area (Å²) in [5.74, 6) is 1.06. The Hall–Kier alpha value is -2.68. The second kappa shape index (κ2) is 7.69. The largest absolute Gasteiger partial charge is 0.484 e.